The number of hydrogen-bond donors (Lipinski definition) is 3. The fourth-order valence-corrected chi connectivity index (χ4v) is 12.6. The molecular weight excluding hydrogens is 1210 g/mol. The summed E-state index contributed by atoms with van der Waals surface area (Å²) in [4.78, 5) is 72.6. The van der Waals surface area contributed by atoms with Crippen molar-refractivity contribution in [3.05, 3.63) is 0 Å². The van der Waals surface area contributed by atoms with Gasteiger partial charge >= 0.3 is 39.5 Å². The Hall–Kier alpha value is -1.94. The highest BCUT2D eigenvalue weighted by Gasteiger charge is 2.30. The van der Waals surface area contributed by atoms with Gasteiger partial charge in [0.25, 0.3) is 0 Å². The number of phosphoric acid groups is 2. The van der Waals surface area contributed by atoms with Crippen molar-refractivity contribution in [3.63, 3.8) is 0 Å². The van der Waals surface area contributed by atoms with Crippen molar-refractivity contribution in [2.75, 3.05) is 39.6 Å². The van der Waals surface area contributed by atoms with Crippen molar-refractivity contribution in [3.8, 4) is 0 Å². The smallest absolute Gasteiger partial charge is 0.462 e. The highest BCUT2D eigenvalue weighted by Crippen LogP contribution is 2.45. The van der Waals surface area contributed by atoms with Crippen molar-refractivity contribution >= 4 is 39.5 Å². The first-order valence-corrected chi connectivity index (χ1v) is 40.7. The maximum absolute atomic E-state index is 13.0. The van der Waals surface area contributed by atoms with Gasteiger partial charge < -0.3 is 33.8 Å². The molecule has 0 fully saturated rings. The van der Waals surface area contributed by atoms with Crippen LogP contribution in [0.15, 0.2) is 0 Å². The Morgan fingerprint density at radius 2 is 0.522 bits per heavy atom. The zero-order valence-corrected chi connectivity index (χ0v) is 62.0. The summed E-state index contributed by atoms with van der Waals surface area (Å²) in [5, 5.41) is 10.6. The van der Waals surface area contributed by atoms with Gasteiger partial charge in [0.05, 0.1) is 26.4 Å². The second-order valence-electron chi connectivity index (χ2n) is 28.0. The molecule has 0 bridgehead atoms. The molecule has 3 N–H and O–H groups in total. The van der Waals surface area contributed by atoms with E-state index >= 15 is 0 Å². The van der Waals surface area contributed by atoms with Crippen LogP contribution in [0.3, 0.4) is 0 Å². The Labute approximate surface area is 562 Å². The second-order valence-corrected chi connectivity index (χ2v) is 30.9. The van der Waals surface area contributed by atoms with Gasteiger partial charge in [-0.25, -0.2) is 9.13 Å². The predicted octanol–water partition coefficient (Wildman–Crippen LogP) is 20.9. The molecule has 0 aromatic rings. The lowest BCUT2D eigenvalue weighted by Crippen LogP contribution is -2.30. The Balaban J connectivity index is 5.23. The minimum absolute atomic E-state index is 0.104. The molecule has 0 rings (SSSR count). The minimum Gasteiger partial charge on any atom is -0.462 e. The molecule has 0 heterocycles. The molecule has 0 amide bonds. The first-order chi connectivity index (χ1) is 44.1. The zero-order chi connectivity index (χ0) is 68.2. The molecule has 0 aromatic carbocycles. The lowest BCUT2D eigenvalue weighted by Gasteiger charge is -2.21. The number of esters is 4. The summed E-state index contributed by atoms with van der Waals surface area (Å²) < 4.78 is 68.4. The number of carbonyl (C=O) groups excluding carboxylic acids is 4. The molecule has 19 heteroatoms. The molecule has 0 saturated heterocycles. The van der Waals surface area contributed by atoms with E-state index in [-0.39, 0.29) is 25.7 Å². The molecular formula is C73H142O17P2. The molecule has 0 radical (unpaired) electrons. The van der Waals surface area contributed by atoms with Crippen molar-refractivity contribution in [1.82, 2.24) is 0 Å². The summed E-state index contributed by atoms with van der Waals surface area (Å²) in [7, 11) is -9.91. The summed E-state index contributed by atoms with van der Waals surface area (Å²) in [6.45, 7) is 14.1. The van der Waals surface area contributed by atoms with E-state index in [2.05, 4.69) is 55.4 Å². The first-order valence-electron chi connectivity index (χ1n) is 37.7. The molecule has 6 atom stereocenters. The van der Waals surface area contributed by atoms with Crippen molar-refractivity contribution in [2.24, 2.45) is 23.7 Å². The van der Waals surface area contributed by atoms with E-state index in [1.165, 1.54) is 161 Å². The Morgan fingerprint density at radius 1 is 0.304 bits per heavy atom. The third-order valence-electron chi connectivity index (χ3n) is 17.2. The number of unbranched alkanes of at least 4 members (excludes halogenated alkanes) is 35. The summed E-state index contributed by atoms with van der Waals surface area (Å²) in [6, 6.07) is 0. The molecule has 17 nitrogen and oxygen atoms in total. The van der Waals surface area contributed by atoms with E-state index in [9.17, 15) is 43.2 Å². The standard InChI is InChI=1S/C73H142O17P2/c1-9-66(8)52-44-36-28-20-14-12-10-11-13-15-21-30-39-47-55-72(77)89-69(60-84-71(76)54-46-38-32-24-27-35-43-51-65(6)7)62-88-92(81,82)86-58-67(74)57-85-91(79,80)87-61-68(90-73(78)56-48-40-31-23-17-19-26-34-42-50-64(4)5)59-83-70(75)53-45-37-29-22-16-18-25-33-41-49-63(2)3/h63-69,74H,9-62H2,1-8H3,(H,79,80)(H,81,82)/t66?,67?,68-,69-/m1/s1. The van der Waals surface area contributed by atoms with Crippen LogP contribution in [0, 0.1) is 23.7 Å². The van der Waals surface area contributed by atoms with E-state index in [4.69, 9.17) is 37.0 Å². The fraction of sp³-hybridized carbons (Fsp3) is 0.945. The third kappa shape index (κ3) is 65.4. The Morgan fingerprint density at radius 3 is 0.772 bits per heavy atom. The molecule has 0 aliphatic heterocycles. The van der Waals surface area contributed by atoms with Crippen LogP contribution in [-0.2, 0) is 65.4 Å². The summed E-state index contributed by atoms with van der Waals surface area (Å²) >= 11 is 0. The van der Waals surface area contributed by atoms with Crippen LogP contribution in [0.2, 0.25) is 0 Å². The van der Waals surface area contributed by atoms with Gasteiger partial charge in [-0.15, -0.1) is 0 Å². The highest BCUT2D eigenvalue weighted by molar-refractivity contribution is 7.47. The van der Waals surface area contributed by atoms with Crippen molar-refractivity contribution < 1.29 is 80.2 Å². The van der Waals surface area contributed by atoms with E-state index < -0.39 is 97.5 Å². The average molecular weight is 1350 g/mol. The molecule has 546 valence electrons. The maximum atomic E-state index is 13.0. The van der Waals surface area contributed by atoms with Crippen molar-refractivity contribution in [2.45, 2.75) is 382 Å². The van der Waals surface area contributed by atoms with Gasteiger partial charge in [-0.05, 0) is 49.4 Å². The van der Waals surface area contributed by atoms with E-state index in [0.717, 1.165) is 114 Å². The van der Waals surface area contributed by atoms with E-state index in [0.29, 0.717) is 31.6 Å². The summed E-state index contributed by atoms with van der Waals surface area (Å²) in [6.07, 6.45) is 45.9. The van der Waals surface area contributed by atoms with E-state index in [1.54, 1.807) is 0 Å². The van der Waals surface area contributed by atoms with Gasteiger partial charge in [-0.1, -0.05) is 312 Å². The third-order valence-corrected chi connectivity index (χ3v) is 19.1. The summed E-state index contributed by atoms with van der Waals surface area (Å²) in [5.74, 6) is 0.905. The number of rotatable bonds is 70. The average Bonchev–Trinajstić information content (AvgIpc) is 3.66. The van der Waals surface area contributed by atoms with Gasteiger partial charge in [0.2, 0.25) is 0 Å². The minimum atomic E-state index is -4.95. The highest BCUT2D eigenvalue weighted by atomic mass is 31.2. The van der Waals surface area contributed by atoms with Gasteiger partial charge in [0.15, 0.2) is 12.2 Å². The Kier molecular flexibility index (Phi) is 61.3. The molecule has 92 heavy (non-hydrogen) atoms. The largest absolute Gasteiger partial charge is 0.472 e. The number of phosphoric ester groups is 2. The van der Waals surface area contributed by atoms with Gasteiger partial charge in [-0.3, -0.25) is 37.3 Å². The van der Waals surface area contributed by atoms with Crippen LogP contribution in [0.25, 0.3) is 0 Å². The number of hydrogen-bond acceptors (Lipinski definition) is 15. The van der Waals surface area contributed by atoms with Crippen LogP contribution >= 0.6 is 15.6 Å². The first kappa shape index (κ1) is 90.1. The molecule has 0 spiro atoms. The van der Waals surface area contributed by atoms with Crippen LogP contribution in [0.5, 0.6) is 0 Å². The zero-order valence-electron chi connectivity index (χ0n) is 60.2. The second kappa shape index (κ2) is 62.6. The van der Waals surface area contributed by atoms with Gasteiger partial charge in [0, 0.05) is 25.7 Å². The lowest BCUT2D eigenvalue weighted by atomic mass is 9.99. The lowest BCUT2D eigenvalue weighted by molar-refractivity contribution is -0.161. The molecule has 0 aliphatic carbocycles. The molecule has 0 saturated carbocycles. The normalized spacial score (nSPS) is 14.5. The monoisotopic (exact) mass is 1350 g/mol. The van der Waals surface area contributed by atoms with E-state index in [1.807, 2.05) is 0 Å². The van der Waals surface area contributed by atoms with Crippen LogP contribution in [0.1, 0.15) is 364 Å². The molecule has 4 unspecified atom stereocenters. The number of aliphatic hydroxyl groups is 1. The van der Waals surface area contributed by atoms with Crippen LogP contribution in [-0.4, -0.2) is 96.7 Å². The SMILES string of the molecule is CCC(C)CCCCCCCCCCCCCCCCC(=O)O[C@H](COC(=O)CCCCCCCCCC(C)C)COP(=O)(O)OCC(O)COP(=O)(O)OC[C@@H](COC(=O)CCCCCCCCCCCC(C)C)OC(=O)CCCCCCCCCCCC(C)C. The number of ether oxygens (including phenoxy) is 4. The summed E-state index contributed by atoms with van der Waals surface area (Å²) in [5.41, 5.74) is 0. The predicted molar refractivity (Wildman–Crippen MR) is 372 cm³/mol. The quantitative estimate of drug-likeness (QED) is 0.0222. The molecule has 0 aliphatic rings. The molecule has 0 aromatic heterocycles. The van der Waals surface area contributed by atoms with Gasteiger partial charge in [-0.2, -0.15) is 0 Å². The fourth-order valence-electron chi connectivity index (χ4n) is 11.0. The maximum Gasteiger partial charge on any atom is 0.472 e. The topological polar surface area (TPSA) is 237 Å². The Bertz CT molecular complexity index is 1820. The van der Waals surface area contributed by atoms with Crippen molar-refractivity contribution in [1.29, 1.82) is 0 Å². The van der Waals surface area contributed by atoms with Crippen LogP contribution < -0.4 is 0 Å². The number of aliphatic hydroxyl groups excluding tert-OH is 1. The van der Waals surface area contributed by atoms with Crippen LogP contribution in [0.4, 0.5) is 0 Å². The number of carbonyl (C=O) groups is 4. The van der Waals surface area contributed by atoms with Gasteiger partial charge in [0.1, 0.15) is 19.3 Å².